The highest BCUT2D eigenvalue weighted by Gasteiger charge is 2.36. The summed E-state index contributed by atoms with van der Waals surface area (Å²) in [6.07, 6.45) is 1.79. The van der Waals surface area contributed by atoms with E-state index in [1.807, 2.05) is 38.0 Å². The average molecular weight is 433 g/mol. The van der Waals surface area contributed by atoms with Crippen LogP contribution in [0.25, 0.3) is 0 Å². The van der Waals surface area contributed by atoms with Gasteiger partial charge in [0.2, 0.25) is 5.91 Å². The molecule has 2 amide bonds. The van der Waals surface area contributed by atoms with E-state index < -0.39 is 5.60 Å². The summed E-state index contributed by atoms with van der Waals surface area (Å²) in [5.74, 6) is 1.62. The number of thiazole rings is 1. The van der Waals surface area contributed by atoms with Gasteiger partial charge in [0.25, 0.3) is 0 Å². The molecule has 10 heteroatoms. The predicted octanol–water partition coefficient (Wildman–Crippen LogP) is 2.70. The predicted molar refractivity (Wildman–Crippen MR) is 111 cm³/mol. The van der Waals surface area contributed by atoms with Crippen LogP contribution in [0.15, 0.2) is 5.38 Å². The molecule has 162 valence electrons. The molecule has 0 radical (unpaired) electrons. The fraction of sp³-hybridized carbons (Fsp3) is 0.650. The molecule has 0 N–H and O–H groups in total. The molecule has 2 aliphatic rings. The van der Waals surface area contributed by atoms with Gasteiger partial charge < -0.3 is 14.2 Å². The second-order valence-corrected chi connectivity index (χ2v) is 9.87. The number of rotatable bonds is 3. The van der Waals surface area contributed by atoms with Crippen molar-refractivity contribution in [1.82, 2.24) is 29.5 Å². The molecule has 2 aromatic heterocycles. The molecule has 4 heterocycles. The summed E-state index contributed by atoms with van der Waals surface area (Å²) >= 11 is 1.56. The van der Waals surface area contributed by atoms with E-state index >= 15 is 0 Å². The Morgan fingerprint density at radius 1 is 1.23 bits per heavy atom. The molecule has 2 aromatic rings. The first-order valence-electron chi connectivity index (χ1n) is 10.3. The lowest BCUT2D eigenvalue weighted by Gasteiger charge is -2.31. The topological polar surface area (TPSA) is 93.5 Å². The number of hydrogen-bond acceptors (Lipinski definition) is 7. The summed E-state index contributed by atoms with van der Waals surface area (Å²) in [5, 5.41) is 11.7. The number of fused-ring (bicyclic) bond motifs is 1. The van der Waals surface area contributed by atoms with Gasteiger partial charge in [0, 0.05) is 25.0 Å². The number of aryl methyl sites for hydroxylation is 1. The van der Waals surface area contributed by atoms with Crippen molar-refractivity contribution in [3.8, 4) is 0 Å². The Morgan fingerprint density at radius 3 is 2.73 bits per heavy atom. The van der Waals surface area contributed by atoms with Crippen LogP contribution in [0.5, 0.6) is 0 Å². The van der Waals surface area contributed by atoms with E-state index in [1.165, 1.54) is 0 Å². The maximum atomic E-state index is 12.9. The number of aromatic nitrogens is 4. The van der Waals surface area contributed by atoms with Gasteiger partial charge in [0.1, 0.15) is 5.60 Å². The minimum absolute atomic E-state index is 0.0753. The lowest BCUT2D eigenvalue weighted by molar-refractivity contribution is -0.131. The minimum atomic E-state index is -0.534. The van der Waals surface area contributed by atoms with Crippen LogP contribution in [0.1, 0.15) is 62.0 Å². The molecule has 0 saturated carbocycles. The highest BCUT2D eigenvalue weighted by atomic mass is 32.1. The second-order valence-electron chi connectivity index (χ2n) is 8.81. The molecular formula is C20H28N6O3S. The van der Waals surface area contributed by atoms with Crippen LogP contribution >= 0.6 is 11.3 Å². The Labute approximate surface area is 180 Å². The van der Waals surface area contributed by atoms with Gasteiger partial charge in [-0.05, 0) is 40.5 Å². The van der Waals surface area contributed by atoms with E-state index in [0.29, 0.717) is 26.1 Å². The zero-order valence-electron chi connectivity index (χ0n) is 17.9. The fourth-order valence-electron chi connectivity index (χ4n) is 3.99. The number of nitrogens with zero attached hydrogens (tertiary/aromatic N) is 6. The van der Waals surface area contributed by atoms with Crippen molar-refractivity contribution in [2.75, 3.05) is 13.1 Å². The van der Waals surface area contributed by atoms with Gasteiger partial charge in [-0.25, -0.2) is 9.78 Å². The molecule has 4 rings (SSSR count). The maximum Gasteiger partial charge on any atom is 0.410 e. The van der Waals surface area contributed by atoms with Crippen LogP contribution in [-0.4, -0.2) is 60.2 Å². The first kappa shape index (κ1) is 20.8. The van der Waals surface area contributed by atoms with E-state index in [2.05, 4.69) is 19.7 Å². The standard InChI is InChI=1S/C20H28N6O3S/c1-13-21-14(12-30-13)10-17(27)25-7-5-6-15(25)18-23-22-16-11-24(8-9-26(16)18)19(28)29-20(2,3)4/h12,15H,5-11H2,1-4H3/t15-/m1/s1. The molecular weight excluding hydrogens is 404 g/mol. The van der Waals surface area contributed by atoms with Crippen molar-refractivity contribution in [2.24, 2.45) is 0 Å². The van der Waals surface area contributed by atoms with Gasteiger partial charge in [-0.15, -0.1) is 21.5 Å². The summed E-state index contributed by atoms with van der Waals surface area (Å²) in [5.41, 5.74) is 0.290. The normalized spacial score (nSPS) is 19.1. The third kappa shape index (κ3) is 4.33. The largest absolute Gasteiger partial charge is 0.444 e. The highest BCUT2D eigenvalue weighted by molar-refractivity contribution is 7.09. The molecule has 9 nitrogen and oxygen atoms in total. The molecule has 1 atom stereocenters. The van der Waals surface area contributed by atoms with Gasteiger partial charge in [0.15, 0.2) is 11.6 Å². The summed E-state index contributed by atoms with van der Waals surface area (Å²) < 4.78 is 7.54. The maximum absolute atomic E-state index is 12.9. The Bertz CT molecular complexity index is 947. The van der Waals surface area contributed by atoms with Gasteiger partial charge in [-0.1, -0.05) is 0 Å². The molecule has 0 spiro atoms. The number of amides is 2. The van der Waals surface area contributed by atoms with Gasteiger partial charge >= 0.3 is 6.09 Å². The molecule has 2 aliphatic heterocycles. The molecule has 0 aromatic carbocycles. The van der Waals surface area contributed by atoms with E-state index in [-0.39, 0.29) is 18.0 Å². The molecule has 1 fully saturated rings. The quantitative estimate of drug-likeness (QED) is 0.740. The summed E-state index contributed by atoms with van der Waals surface area (Å²) in [6, 6.07) is -0.0773. The second kappa shape index (κ2) is 7.98. The van der Waals surface area contributed by atoms with Crippen molar-refractivity contribution in [3.05, 3.63) is 27.7 Å². The molecule has 0 unspecified atom stereocenters. The number of carbonyl (C=O) groups is 2. The van der Waals surface area contributed by atoms with E-state index in [1.54, 1.807) is 16.2 Å². The van der Waals surface area contributed by atoms with Crippen LogP contribution in [0.3, 0.4) is 0 Å². The number of ether oxygens (including phenoxy) is 1. The lowest BCUT2D eigenvalue weighted by atomic mass is 10.2. The zero-order chi connectivity index (χ0) is 21.5. The SMILES string of the molecule is Cc1nc(CC(=O)N2CCC[C@@H]2c2nnc3n2CCN(C(=O)OC(C)(C)C)C3)cs1. The van der Waals surface area contributed by atoms with Gasteiger partial charge in [-0.2, -0.15) is 0 Å². The van der Waals surface area contributed by atoms with Crippen molar-refractivity contribution >= 4 is 23.3 Å². The van der Waals surface area contributed by atoms with Crippen LogP contribution in [0, 0.1) is 6.92 Å². The third-order valence-electron chi connectivity index (χ3n) is 5.30. The highest BCUT2D eigenvalue weighted by Crippen LogP contribution is 2.33. The first-order chi connectivity index (χ1) is 14.2. The van der Waals surface area contributed by atoms with E-state index in [9.17, 15) is 9.59 Å². The Hall–Kier alpha value is -2.49. The first-order valence-corrected chi connectivity index (χ1v) is 11.2. The Balaban J connectivity index is 1.46. The molecule has 0 aliphatic carbocycles. The average Bonchev–Trinajstić information content (AvgIpc) is 3.38. The smallest absolute Gasteiger partial charge is 0.410 e. The summed E-state index contributed by atoms with van der Waals surface area (Å²) in [7, 11) is 0. The van der Waals surface area contributed by atoms with Crippen molar-refractivity contribution in [3.63, 3.8) is 0 Å². The van der Waals surface area contributed by atoms with Crippen LogP contribution < -0.4 is 0 Å². The van der Waals surface area contributed by atoms with Crippen LogP contribution in [0.2, 0.25) is 0 Å². The summed E-state index contributed by atoms with van der Waals surface area (Å²) in [4.78, 5) is 33.3. The van der Waals surface area contributed by atoms with Crippen LogP contribution in [-0.2, 0) is 29.0 Å². The monoisotopic (exact) mass is 432 g/mol. The Morgan fingerprint density at radius 2 is 2.03 bits per heavy atom. The molecule has 30 heavy (non-hydrogen) atoms. The molecule has 1 saturated heterocycles. The van der Waals surface area contributed by atoms with Gasteiger partial charge in [0.05, 0.1) is 29.7 Å². The zero-order valence-corrected chi connectivity index (χ0v) is 18.7. The van der Waals surface area contributed by atoms with E-state index in [4.69, 9.17) is 4.74 Å². The van der Waals surface area contributed by atoms with Crippen molar-refractivity contribution in [1.29, 1.82) is 0 Å². The summed E-state index contributed by atoms with van der Waals surface area (Å²) in [6.45, 7) is 9.72. The molecule has 0 bridgehead atoms. The number of carbonyl (C=O) groups excluding carboxylic acids is 2. The van der Waals surface area contributed by atoms with E-state index in [0.717, 1.165) is 41.7 Å². The lowest BCUT2D eigenvalue weighted by Crippen LogP contribution is -2.42. The third-order valence-corrected chi connectivity index (χ3v) is 6.13. The van der Waals surface area contributed by atoms with Crippen LogP contribution in [0.4, 0.5) is 4.79 Å². The minimum Gasteiger partial charge on any atom is -0.444 e. The number of likely N-dealkylation sites (tertiary alicyclic amines) is 1. The van der Waals surface area contributed by atoms with Crippen molar-refractivity contribution < 1.29 is 14.3 Å². The van der Waals surface area contributed by atoms with Crippen molar-refractivity contribution in [2.45, 2.75) is 71.7 Å². The number of hydrogen-bond donors (Lipinski definition) is 0. The Kier molecular flexibility index (Phi) is 5.52. The van der Waals surface area contributed by atoms with Gasteiger partial charge in [-0.3, -0.25) is 9.69 Å². The fourth-order valence-corrected chi connectivity index (χ4v) is 4.60.